The number of carbonyl (C=O) groups excluding carboxylic acids is 1. The molecular formula is C15H24N2O4. The Bertz CT molecular complexity index is 483. The Morgan fingerprint density at radius 1 is 1.43 bits per heavy atom. The fourth-order valence-corrected chi connectivity index (χ4v) is 1.80. The molecule has 6 nitrogen and oxygen atoms in total. The number of hydrogen-bond donors (Lipinski definition) is 3. The molecule has 0 heterocycles. The van der Waals surface area contributed by atoms with Gasteiger partial charge in [-0.05, 0) is 38.8 Å². The van der Waals surface area contributed by atoms with Crippen LogP contribution in [-0.4, -0.2) is 30.5 Å². The zero-order chi connectivity index (χ0) is 16.0. The van der Waals surface area contributed by atoms with E-state index in [2.05, 4.69) is 5.32 Å². The van der Waals surface area contributed by atoms with E-state index in [9.17, 15) is 4.79 Å². The number of methoxy groups -OCH3 is 1. The number of hydrogen-bond acceptors (Lipinski definition) is 5. The second-order valence-corrected chi connectivity index (χ2v) is 5.70. The van der Waals surface area contributed by atoms with Crippen LogP contribution in [0.25, 0.3) is 0 Å². The maximum Gasteiger partial charge on any atom is 0.412 e. The van der Waals surface area contributed by atoms with E-state index in [0.717, 1.165) is 5.56 Å². The fraction of sp³-hybridized carbons (Fsp3) is 0.533. The van der Waals surface area contributed by atoms with Crippen molar-refractivity contribution in [3.8, 4) is 5.75 Å². The number of amides is 1. The highest BCUT2D eigenvalue weighted by Gasteiger charge is 2.19. The summed E-state index contributed by atoms with van der Waals surface area (Å²) >= 11 is 0. The Morgan fingerprint density at radius 2 is 2.10 bits per heavy atom. The van der Waals surface area contributed by atoms with Crippen molar-refractivity contribution in [3.63, 3.8) is 0 Å². The Kier molecular flexibility index (Phi) is 5.99. The van der Waals surface area contributed by atoms with Crippen molar-refractivity contribution < 1.29 is 19.4 Å². The number of nitrogens with one attached hydrogen (secondary N) is 1. The standard InChI is InChI=1S/C15H24N2O4/c1-15(2,3)21-14(19)17-13-9-10(20-4)5-6-11(13)12(16)7-8-18/h5-6,9,12,18H,7-8,16H2,1-4H3,(H,17,19). The fourth-order valence-electron chi connectivity index (χ4n) is 1.80. The zero-order valence-corrected chi connectivity index (χ0v) is 13.0. The van der Waals surface area contributed by atoms with Gasteiger partial charge < -0.3 is 20.3 Å². The molecule has 1 amide bonds. The third-order valence-corrected chi connectivity index (χ3v) is 2.74. The van der Waals surface area contributed by atoms with Crippen molar-refractivity contribution in [2.45, 2.75) is 38.8 Å². The van der Waals surface area contributed by atoms with Gasteiger partial charge in [0.05, 0.1) is 12.8 Å². The molecule has 4 N–H and O–H groups in total. The van der Waals surface area contributed by atoms with Gasteiger partial charge >= 0.3 is 6.09 Å². The van der Waals surface area contributed by atoms with E-state index in [1.807, 2.05) is 0 Å². The van der Waals surface area contributed by atoms with Crippen LogP contribution in [0.15, 0.2) is 18.2 Å². The molecule has 1 atom stereocenters. The third kappa shape index (κ3) is 5.61. The van der Waals surface area contributed by atoms with Gasteiger partial charge in [-0.1, -0.05) is 6.07 Å². The predicted molar refractivity (Wildman–Crippen MR) is 81.5 cm³/mol. The van der Waals surface area contributed by atoms with Crippen molar-refractivity contribution in [2.75, 3.05) is 19.0 Å². The minimum Gasteiger partial charge on any atom is -0.497 e. The van der Waals surface area contributed by atoms with Crippen LogP contribution in [-0.2, 0) is 4.74 Å². The first-order valence-corrected chi connectivity index (χ1v) is 6.81. The summed E-state index contributed by atoms with van der Waals surface area (Å²) in [6.45, 7) is 5.34. The molecule has 1 unspecified atom stereocenters. The molecule has 0 aliphatic heterocycles. The second kappa shape index (κ2) is 7.28. The predicted octanol–water partition coefficient (Wildman–Crippen LogP) is 2.42. The quantitative estimate of drug-likeness (QED) is 0.776. The molecule has 1 aromatic rings. The van der Waals surface area contributed by atoms with Crippen molar-refractivity contribution in [1.29, 1.82) is 0 Å². The van der Waals surface area contributed by atoms with Crippen LogP contribution in [0.4, 0.5) is 10.5 Å². The van der Waals surface area contributed by atoms with Gasteiger partial charge in [0.2, 0.25) is 0 Å². The van der Waals surface area contributed by atoms with Gasteiger partial charge in [0.1, 0.15) is 11.4 Å². The molecule has 0 aliphatic carbocycles. The Morgan fingerprint density at radius 3 is 2.62 bits per heavy atom. The van der Waals surface area contributed by atoms with E-state index in [0.29, 0.717) is 17.9 Å². The molecule has 0 saturated carbocycles. The van der Waals surface area contributed by atoms with Crippen molar-refractivity contribution >= 4 is 11.8 Å². The van der Waals surface area contributed by atoms with E-state index in [1.54, 1.807) is 46.1 Å². The molecule has 0 bridgehead atoms. The molecule has 0 aliphatic rings. The highest BCUT2D eigenvalue weighted by Crippen LogP contribution is 2.28. The number of ether oxygens (including phenoxy) is 2. The maximum atomic E-state index is 11.9. The lowest BCUT2D eigenvalue weighted by atomic mass is 10.0. The Hall–Kier alpha value is -1.79. The van der Waals surface area contributed by atoms with Crippen LogP contribution >= 0.6 is 0 Å². The lowest BCUT2D eigenvalue weighted by Crippen LogP contribution is -2.28. The van der Waals surface area contributed by atoms with Gasteiger partial charge in [0.25, 0.3) is 0 Å². The molecule has 118 valence electrons. The zero-order valence-electron chi connectivity index (χ0n) is 13.0. The van der Waals surface area contributed by atoms with E-state index in [-0.39, 0.29) is 12.6 Å². The van der Waals surface area contributed by atoms with Gasteiger partial charge in [-0.3, -0.25) is 5.32 Å². The van der Waals surface area contributed by atoms with Crippen LogP contribution in [0, 0.1) is 0 Å². The molecule has 0 radical (unpaired) electrons. The molecule has 0 aromatic heterocycles. The lowest BCUT2D eigenvalue weighted by molar-refractivity contribution is 0.0636. The topological polar surface area (TPSA) is 93.8 Å². The average molecular weight is 296 g/mol. The maximum absolute atomic E-state index is 11.9. The van der Waals surface area contributed by atoms with Crippen LogP contribution in [0.1, 0.15) is 38.8 Å². The second-order valence-electron chi connectivity index (χ2n) is 5.70. The number of rotatable bonds is 5. The first kappa shape index (κ1) is 17.3. The van der Waals surface area contributed by atoms with Crippen LogP contribution in [0.5, 0.6) is 5.75 Å². The van der Waals surface area contributed by atoms with Gasteiger partial charge in [-0.15, -0.1) is 0 Å². The van der Waals surface area contributed by atoms with Crippen LogP contribution in [0.2, 0.25) is 0 Å². The Balaban J connectivity index is 2.98. The number of nitrogens with two attached hydrogens (primary N) is 1. The summed E-state index contributed by atoms with van der Waals surface area (Å²) < 4.78 is 10.4. The Labute approximate surface area is 125 Å². The highest BCUT2D eigenvalue weighted by atomic mass is 16.6. The van der Waals surface area contributed by atoms with E-state index in [1.165, 1.54) is 0 Å². The summed E-state index contributed by atoms with van der Waals surface area (Å²) in [5, 5.41) is 11.7. The van der Waals surface area contributed by atoms with Crippen molar-refractivity contribution in [2.24, 2.45) is 5.73 Å². The molecule has 1 aromatic carbocycles. The number of aliphatic hydroxyl groups excluding tert-OH is 1. The average Bonchev–Trinajstić information content (AvgIpc) is 2.36. The lowest BCUT2D eigenvalue weighted by Gasteiger charge is -2.22. The minimum absolute atomic E-state index is 0.0287. The summed E-state index contributed by atoms with van der Waals surface area (Å²) in [5.74, 6) is 0.598. The smallest absolute Gasteiger partial charge is 0.412 e. The summed E-state index contributed by atoms with van der Waals surface area (Å²) in [6, 6.07) is 4.82. The van der Waals surface area contributed by atoms with Gasteiger partial charge in [0.15, 0.2) is 0 Å². The molecule has 21 heavy (non-hydrogen) atoms. The number of aliphatic hydroxyl groups is 1. The van der Waals surface area contributed by atoms with Crippen LogP contribution in [0.3, 0.4) is 0 Å². The SMILES string of the molecule is COc1ccc(C(N)CCO)c(NC(=O)OC(C)(C)C)c1. The summed E-state index contributed by atoms with van der Waals surface area (Å²) in [7, 11) is 1.54. The molecule has 0 saturated heterocycles. The highest BCUT2D eigenvalue weighted by molar-refractivity contribution is 5.86. The minimum atomic E-state index is -0.587. The van der Waals surface area contributed by atoms with Crippen molar-refractivity contribution in [1.82, 2.24) is 0 Å². The normalized spacial score (nSPS) is 12.7. The number of anilines is 1. The molecule has 0 fully saturated rings. The molecule has 0 spiro atoms. The summed E-state index contributed by atoms with van der Waals surface area (Å²) in [6.07, 6.45) is -0.164. The van der Waals surface area contributed by atoms with Crippen molar-refractivity contribution in [3.05, 3.63) is 23.8 Å². The monoisotopic (exact) mass is 296 g/mol. The van der Waals surface area contributed by atoms with E-state index < -0.39 is 11.7 Å². The van der Waals surface area contributed by atoms with Gasteiger partial charge in [-0.25, -0.2) is 4.79 Å². The largest absolute Gasteiger partial charge is 0.497 e. The van der Waals surface area contributed by atoms with Gasteiger partial charge in [-0.2, -0.15) is 0 Å². The third-order valence-electron chi connectivity index (χ3n) is 2.74. The first-order chi connectivity index (χ1) is 9.76. The molecule has 6 heteroatoms. The summed E-state index contributed by atoms with van der Waals surface area (Å²) in [4.78, 5) is 11.9. The number of carbonyl (C=O) groups is 1. The number of benzene rings is 1. The van der Waals surface area contributed by atoms with Crippen LogP contribution < -0.4 is 15.8 Å². The van der Waals surface area contributed by atoms with E-state index in [4.69, 9.17) is 20.3 Å². The molecule has 1 rings (SSSR count). The summed E-state index contributed by atoms with van der Waals surface area (Å²) in [5.41, 5.74) is 6.66. The van der Waals surface area contributed by atoms with E-state index >= 15 is 0 Å². The molecular weight excluding hydrogens is 272 g/mol. The van der Waals surface area contributed by atoms with Gasteiger partial charge in [0, 0.05) is 18.7 Å². The first-order valence-electron chi connectivity index (χ1n) is 6.81.